The van der Waals surface area contributed by atoms with E-state index in [0.29, 0.717) is 29.2 Å². The number of para-hydroxylation sites is 1. The first-order chi connectivity index (χ1) is 15.3. The number of amides is 1. The number of benzene rings is 1. The number of anilines is 2. The Morgan fingerprint density at radius 2 is 1.97 bits per heavy atom. The van der Waals surface area contributed by atoms with Gasteiger partial charge in [-0.3, -0.25) is 24.0 Å². The number of carbonyl (C=O) groups is 1. The Kier molecular flexibility index (Phi) is 7.19. The van der Waals surface area contributed by atoms with Gasteiger partial charge in [-0.05, 0) is 38.0 Å². The summed E-state index contributed by atoms with van der Waals surface area (Å²) in [5.41, 5.74) is 6.69. The molecule has 0 aliphatic heterocycles. The average molecular weight is 457 g/mol. The number of thiophene rings is 1. The quantitative estimate of drug-likeness (QED) is 0.539. The highest BCUT2D eigenvalue weighted by atomic mass is 32.1. The maximum absolute atomic E-state index is 13.6. The molecule has 0 spiro atoms. The second kappa shape index (κ2) is 9.86. The van der Waals surface area contributed by atoms with E-state index in [0.717, 1.165) is 16.9 Å². The van der Waals surface area contributed by atoms with Gasteiger partial charge in [-0.25, -0.2) is 4.79 Å². The third kappa shape index (κ3) is 4.62. The van der Waals surface area contributed by atoms with Gasteiger partial charge in [0, 0.05) is 17.0 Å². The Labute approximate surface area is 190 Å². The van der Waals surface area contributed by atoms with E-state index >= 15 is 0 Å². The maximum Gasteiger partial charge on any atom is 0.330 e. The van der Waals surface area contributed by atoms with Crippen LogP contribution < -0.4 is 26.6 Å². The number of hydrogen-bond acceptors (Lipinski definition) is 6. The summed E-state index contributed by atoms with van der Waals surface area (Å²) in [4.78, 5) is 44.1. The van der Waals surface area contributed by atoms with Crippen LogP contribution in [0.1, 0.15) is 45.4 Å². The van der Waals surface area contributed by atoms with Crippen LogP contribution in [0.3, 0.4) is 0 Å². The molecule has 0 fully saturated rings. The lowest BCUT2D eigenvalue weighted by molar-refractivity contribution is 0.0988. The Balaban J connectivity index is 2.19. The summed E-state index contributed by atoms with van der Waals surface area (Å²) in [6.45, 7) is 6.26. The summed E-state index contributed by atoms with van der Waals surface area (Å²) in [5.74, 6) is 0.189. The van der Waals surface area contributed by atoms with E-state index in [-0.39, 0.29) is 24.0 Å². The van der Waals surface area contributed by atoms with Crippen LogP contribution in [-0.4, -0.2) is 22.6 Å². The molecule has 0 atom stereocenters. The number of methoxy groups -OCH3 is 1. The molecule has 1 amide bonds. The van der Waals surface area contributed by atoms with Crippen molar-refractivity contribution in [2.75, 3.05) is 17.7 Å². The van der Waals surface area contributed by atoms with Crippen LogP contribution in [0.4, 0.5) is 11.5 Å². The maximum atomic E-state index is 13.6. The molecule has 3 aromatic rings. The van der Waals surface area contributed by atoms with Crippen LogP contribution in [0.2, 0.25) is 0 Å². The molecule has 3 rings (SSSR count). The number of rotatable bonds is 8. The molecule has 0 radical (unpaired) electrons. The van der Waals surface area contributed by atoms with E-state index in [1.54, 1.807) is 19.2 Å². The Morgan fingerprint density at radius 3 is 2.59 bits per heavy atom. The number of aryl methyl sites for hydroxylation is 2. The molecule has 8 nitrogen and oxygen atoms in total. The first-order valence-corrected chi connectivity index (χ1v) is 11.2. The number of nitrogens with one attached hydrogen (secondary N) is 1. The van der Waals surface area contributed by atoms with Gasteiger partial charge in [-0.1, -0.05) is 31.5 Å². The summed E-state index contributed by atoms with van der Waals surface area (Å²) >= 11 is 1.35. The molecule has 3 N–H and O–H groups in total. The number of H-pyrrole nitrogens is 1. The fourth-order valence-electron chi connectivity index (χ4n) is 3.44. The number of carbonyl (C=O) groups excluding carboxylic acids is 1. The third-order valence-corrected chi connectivity index (χ3v) is 6.50. The van der Waals surface area contributed by atoms with Crippen molar-refractivity contribution in [3.63, 3.8) is 0 Å². The second-order valence-corrected chi connectivity index (χ2v) is 8.81. The number of nitrogens with zero attached hydrogens (tertiary/aromatic N) is 2. The highest BCUT2D eigenvalue weighted by Gasteiger charge is 2.27. The Bertz CT molecular complexity index is 1220. The van der Waals surface area contributed by atoms with Crippen LogP contribution in [-0.2, 0) is 13.1 Å². The number of aromatic nitrogens is 2. The Morgan fingerprint density at radius 1 is 1.25 bits per heavy atom. The molecule has 2 aromatic heterocycles. The van der Waals surface area contributed by atoms with Crippen molar-refractivity contribution < 1.29 is 9.53 Å². The molecule has 0 bridgehead atoms. The molecule has 1 aromatic carbocycles. The number of ether oxygens (including phenoxy) is 1. The minimum Gasteiger partial charge on any atom is -0.496 e. The molecule has 32 heavy (non-hydrogen) atoms. The first-order valence-electron chi connectivity index (χ1n) is 10.4. The van der Waals surface area contributed by atoms with E-state index in [1.165, 1.54) is 20.8 Å². The fraction of sp³-hybridized carbons (Fsp3) is 0.348. The standard InChI is InChI=1S/C23H28N4O4S/c1-5-6-11-26-20(24)19(21(28)25-23(26)30)27(13-16-9-7-8-10-17(16)31-4)22(29)18-12-14(2)15(3)32-18/h7-10,12H,5-6,11,13,24H2,1-4H3,(H,25,28,30). The van der Waals surface area contributed by atoms with Crippen LogP contribution in [0.15, 0.2) is 39.9 Å². The van der Waals surface area contributed by atoms with Crippen LogP contribution in [0, 0.1) is 13.8 Å². The number of hydrogen-bond donors (Lipinski definition) is 2. The molecule has 9 heteroatoms. The van der Waals surface area contributed by atoms with Gasteiger partial charge in [0.15, 0.2) is 5.69 Å². The summed E-state index contributed by atoms with van der Waals surface area (Å²) in [7, 11) is 1.54. The zero-order valence-electron chi connectivity index (χ0n) is 18.7. The van der Waals surface area contributed by atoms with E-state index in [4.69, 9.17) is 10.5 Å². The lowest BCUT2D eigenvalue weighted by Crippen LogP contribution is -2.40. The SMILES string of the molecule is CCCCn1c(N)c(N(Cc2ccccc2OC)C(=O)c2cc(C)c(C)s2)c(=O)[nH]c1=O. The third-order valence-electron chi connectivity index (χ3n) is 5.36. The van der Waals surface area contributed by atoms with Crippen molar-refractivity contribution >= 4 is 28.7 Å². The number of aromatic amines is 1. The monoisotopic (exact) mass is 456 g/mol. The van der Waals surface area contributed by atoms with Gasteiger partial charge in [0.2, 0.25) is 0 Å². The molecule has 2 heterocycles. The van der Waals surface area contributed by atoms with Crippen LogP contribution in [0.25, 0.3) is 0 Å². The van der Waals surface area contributed by atoms with Crippen molar-refractivity contribution in [1.82, 2.24) is 9.55 Å². The molecular formula is C23H28N4O4S. The normalized spacial score (nSPS) is 10.9. The summed E-state index contributed by atoms with van der Waals surface area (Å²) in [6.07, 6.45) is 1.55. The molecule has 0 aliphatic carbocycles. The molecule has 0 unspecified atom stereocenters. The molecule has 0 aliphatic rings. The molecule has 0 saturated heterocycles. The summed E-state index contributed by atoms with van der Waals surface area (Å²) in [5, 5.41) is 0. The van der Waals surface area contributed by atoms with Crippen LogP contribution in [0.5, 0.6) is 5.75 Å². The largest absolute Gasteiger partial charge is 0.496 e. The van der Waals surface area contributed by atoms with E-state index < -0.39 is 11.2 Å². The summed E-state index contributed by atoms with van der Waals surface area (Å²) < 4.78 is 6.75. The van der Waals surface area contributed by atoms with Crippen molar-refractivity contribution in [2.24, 2.45) is 0 Å². The predicted molar refractivity (Wildman–Crippen MR) is 128 cm³/mol. The van der Waals surface area contributed by atoms with Gasteiger partial charge in [0.25, 0.3) is 11.5 Å². The van der Waals surface area contributed by atoms with Gasteiger partial charge >= 0.3 is 5.69 Å². The molecular weight excluding hydrogens is 428 g/mol. The predicted octanol–water partition coefficient (Wildman–Crippen LogP) is 3.45. The Hall–Kier alpha value is -3.33. The first kappa shape index (κ1) is 23.3. The van der Waals surface area contributed by atoms with Gasteiger partial charge in [0.05, 0.1) is 18.5 Å². The number of nitrogens with two attached hydrogens (primary N) is 1. The van der Waals surface area contributed by atoms with Crippen molar-refractivity contribution in [3.8, 4) is 5.75 Å². The van der Waals surface area contributed by atoms with Crippen molar-refractivity contribution in [2.45, 2.75) is 46.7 Å². The van der Waals surface area contributed by atoms with Crippen molar-refractivity contribution in [1.29, 1.82) is 0 Å². The van der Waals surface area contributed by atoms with Gasteiger partial charge in [0.1, 0.15) is 11.6 Å². The minimum absolute atomic E-state index is 0.0274. The topological polar surface area (TPSA) is 110 Å². The van der Waals surface area contributed by atoms with Gasteiger partial charge in [-0.2, -0.15) is 0 Å². The fourth-order valence-corrected chi connectivity index (χ4v) is 4.43. The van der Waals surface area contributed by atoms with Gasteiger partial charge < -0.3 is 10.5 Å². The lowest BCUT2D eigenvalue weighted by atomic mass is 10.1. The zero-order valence-corrected chi connectivity index (χ0v) is 19.5. The highest BCUT2D eigenvalue weighted by molar-refractivity contribution is 7.14. The van der Waals surface area contributed by atoms with Crippen molar-refractivity contribution in [3.05, 3.63) is 72.1 Å². The van der Waals surface area contributed by atoms with Crippen LogP contribution >= 0.6 is 11.3 Å². The highest BCUT2D eigenvalue weighted by Crippen LogP contribution is 2.29. The average Bonchev–Trinajstić information content (AvgIpc) is 3.10. The van der Waals surface area contributed by atoms with E-state index in [9.17, 15) is 14.4 Å². The molecule has 170 valence electrons. The number of nitrogen functional groups attached to an aromatic ring is 1. The lowest BCUT2D eigenvalue weighted by Gasteiger charge is -2.25. The van der Waals surface area contributed by atoms with Gasteiger partial charge in [-0.15, -0.1) is 11.3 Å². The summed E-state index contributed by atoms with van der Waals surface area (Å²) in [6, 6.07) is 9.06. The zero-order chi connectivity index (χ0) is 23.4. The minimum atomic E-state index is -0.700. The number of unbranched alkanes of at least 4 members (excludes halogenated alkanes) is 1. The molecule has 0 saturated carbocycles. The van der Waals surface area contributed by atoms with E-state index in [2.05, 4.69) is 4.98 Å². The second-order valence-electron chi connectivity index (χ2n) is 7.55. The smallest absolute Gasteiger partial charge is 0.330 e. The van der Waals surface area contributed by atoms with E-state index in [1.807, 2.05) is 39.0 Å².